The highest BCUT2D eigenvalue weighted by Crippen LogP contribution is 2.15. The summed E-state index contributed by atoms with van der Waals surface area (Å²) < 4.78 is 40.1. The maximum Gasteiger partial charge on any atom is 0.218 e. The molecule has 1 heterocycles. The fraction of sp³-hybridized carbons (Fsp3) is 0.429. The van der Waals surface area contributed by atoms with E-state index >= 15 is 0 Å². The van der Waals surface area contributed by atoms with Crippen LogP contribution in [0.4, 0.5) is 4.39 Å². The van der Waals surface area contributed by atoms with Crippen molar-refractivity contribution in [1.29, 1.82) is 0 Å². The van der Waals surface area contributed by atoms with E-state index in [0.717, 1.165) is 49.2 Å². The normalized spacial score (nSPS) is 16.5. The van der Waals surface area contributed by atoms with Gasteiger partial charge in [0.1, 0.15) is 5.82 Å². The van der Waals surface area contributed by atoms with Crippen molar-refractivity contribution in [3.05, 3.63) is 71.0 Å². The summed E-state index contributed by atoms with van der Waals surface area (Å²) in [5, 5.41) is 0. The van der Waals surface area contributed by atoms with Crippen LogP contribution in [-0.4, -0.2) is 50.3 Å². The van der Waals surface area contributed by atoms with E-state index in [0.29, 0.717) is 13.1 Å². The van der Waals surface area contributed by atoms with Crippen molar-refractivity contribution in [2.75, 3.05) is 32.7 Å². The van der Waals surface area contributed by atoms with Gasteiger partial charge in [-0.2, -0.15) is 4.31 Å². The van der Waals surface area contributed by atoms with E-state index in [9.17, 15) is 12.8 Å². The maximum absolute atomic E-state index is 13.2. The summed E-state index contributed by atoms with van der Waals surface area (Å²) in [6, 6.07) is 14.4. The highest BCUT2D eigenvalue weighted by atomic mass is 32.2. The maximum atomic E-state index is 13.2. The molecule has 4 nitrogen and oxygen atoms in total. The van der Waals surface area contributed by atoms with Crippen LogP contribution in [0.1, 0.15) is 23.1 Å². The van der Waals surface area contributed by atoms with Crippen molar-refractivity contribution in [3.63, 3.8) is 0 Å². The van der Waals surface area contributed by atoms with Gasteiger partial charge in [-0.05, 0) is 49.6 Å². The number of nitrogens with zero attached hydrogens (tertiary/aromatic N) is 2. The zero-order valence-electron chi connectivity index (χ0n) is 15.8. The van der Waals surface area contributed by atoms with Crippen LogP contribution in [0.5, 0.6) is 0 Å². The van der Waals surface area contributed by atoms with Crippen LogP contribution in [0.15, 0.2) is 48.5 Å². The van der Waals surface area contributed by atoms with Gasteiger partial charge in [0.15, 0.2) is 0 Å². The Morgan fingerprint density at radius 3 is 2.33 bits per heavy atom. The zero-order chi connectivity index (χ0) is 19.3. The Morgan fingerprint density at radius 2 is 1.67 bits per heavy atom. The summed E-state index contributed by atoms with van der Waals surface area (Å²) in [6.45, 7) is 5.46. The molecule has 0 aromatic heterocycles. The monoisotopic (exact) mass is 390 g/mol. The zero-order valence-corrected chi connectivity index (χ0v) is 16.6. The smallest absolute Gasteiger partial charge is 0.218 e. The molecule has 6 heteroatoms. The third kappa shape index (κ3) is 5.86. The van der Waals surface area contributed by atoms with Gasteiger partial charge in [-0.1, -0.05) is 42.0 Å². The highest BCUT2D eigenvalue weighted by Gasteiger charge is 2.26. The van der Waals surface area contributed by atoms with Crippen LogP contribution in [-0.2, 0) is 22.2 Å². The van der Waals surface area contributed by atoms with E-state index in [4.69, 9.17) is 0 Å². The number of sulfonamides is 1. The number of halogens is 1. The molecule has 1 aliphatic rings. The molecule has 0 aliphatic carbocycles. The average Bonchev–Trinajstić information content (AvgIpc) is 2.64. The Hall–Kier alpha value is -1.76. The molecule has 0 bridgehead atoms. The average molecular weight is 391 g/mol. The second-order valence-electron chi connectivity index (χ2n) is 7.22. The summed E-state index contributed by atoms with van der Waals surface area (Å²) >= 11 is 0. The molecule has 0 spiro atoms. The number of benzene rings is 2. The van der Waals surface area contributed by atoms with Crippen molar-refractivity contribution in [2.24, 2.45) is 0 Å². The quantitative estimate of drug-likeness (QED) is 0.729. The van der Waals surface area contributed by atoms with Gasteiger partial charge in [-0.25, -0.2) is 12.8 Å². The molecule has 3 rings (SSSR count). The van der Waals surface area contributed by atoms with Crippen LogP contribution in [0.25, 0.3) is 0 Å². The van der Waals surface area contributed by atoms with Crippen LogP contribution in [0.3, 0.4) is 0 Å². The third-order valence-corrected chi connectivity index (χ3v) is 6.87. The van der Waals surface area contributed by atoms with E-state index in [1.165, 1.54) is 6.07 Å². The van der Waals surface area contributed by atoms with E-state index in [-0.39, 0.29) is 11.6 Å². The first-order chi connectivity index (χ1) is 12.9. The Kier molecular flexibility index (Phi) is 6.63. The van der Waals surface area contributed by atoms with Gasteiger partial charge in [0.05, 0.1) is 5.75 Å². The highest BCUT2D eigenvalue weighted by molar-refractivity contribution is 7.88. The summed E-state index contributed by atoms with van der Waals surface area (Å²) in [4.78, 5) is 2.29. The molecule has 2 aromatic rings. The van der Waals surface area contributed by atoms with Crippen molar-refractivity contribution in [3.8, 4) is 0 Å². The molecular formula is C21H27FN2O2S. The van der Waals surface area contributed by atoms with Gasteiger partial charge in [0.2, 0.25) is 10.0 Å². The predicted octanol–water partition coefficient (Wildman–Crippen LogP) is 3.21. The van der Waals surface area contributed by atoms with Crippen molar-refractivity contribution in [2.45, 2.75) is 25.5 Å². The molecule has 0 unspecified atom stereocenters. The van der Waals surface area contributed by atoms with Crippen molar-refractivity contribution >= 4 is 10.0 Å². The molecule has 2 aromatic carbocycles. The lowest BCUT2D eigenvalue weighted by molar-refractivity contribution is 0.186. The number of hydrogen-bond acceptors (Lipinski definition) is 3. The van der Waals surface area contributed by atoms with Gasteiger partial charge in [-0.15, -0.1) is 0 Å². The molecular weight excluding hydrogens is 363 g/mol. The van der Waals surface area contributed by atoms with E-state index in [1.807, 2.05) is 37.3 Å². The number of rotatable bonds is 7. The number of hydrogen-bond donors (Lipinski definition) is 0. The van der Waals surface area contributed by atoms with Crippen molar-refractivity contribution < 1.29 is 12.8 Å². The Balaban J connectivity index is 1.44. The van der Waals surface area contributed by atoms with Gasteiger partial charge in [0.25, 0.3) is 0 Å². The second-order valence-corrected chi connectivity index (χ2v) is 9.18. The molecule has 0 amide bonds. The Morgan fingerprint density at radius 1 is 0.963 bits per heavy atom. The summed E-state index contributed by atoms with van der Waals surface area (Å²) in [6.07, 6.45) is 1.78. The lowest BCUT2D eigenvalue weighted by Crippen LogP contribution is -2.49. The fourth-order valence-electron chi connectivity index (χ4n) is 3.42. The predicted molar refractivity (Wildman–Crippen MR) is 107 cm³/mol. The first kappa shape index (κ1) is 20.0. The second kappa shape index (κ2) is 8.95. The van der Waals surface area contributed by atoms with E-state index in [1.54, 1.807) is 16.4 Å². The largest absolute Gasteiger partial charge is 0.301 e. The van der Waals surface area contributed by atoms with E-state index in [2.05, 4.69) is 4.90 Å². The Bertz CT molecular complexity index is 845. The first-order valence-electron chi connectivity index (χ1n) is 9.42. The van der Waals surface area contributed by atoms with Crippen molar-refractivity contribution in [1.82, 2.24) is 9.21 Å². The minimum atomic E-state index is -3.28. The number of piperazine rings is 1. The third-order valence-electron chi connectivity index (χ3n) is 5.02. The minimum absolute atomic E-state index is 0.0624. The molecule has 0 N–H and O–H groups in total. The molecule has 0 saturated carbocycles. The fourth-order valence-corrected chi connectivity index (χ4v) is 4.93. The number of aryl methyl sites for hydroxylation is 2. The van der Waals surface area contributed by atoms with E-state index < -0.39 is 10.0 Å². The standard InChI is InChI=1S/C21H27FN2O2S/c1-18-7-9-20(10-8-18)17-27(25,26)24-14-12-23(13-15-24)11-3-5-19-4-2-6-21(22)16-19/h2,4,6-10,16H,3,5,11-15,17H2,1H3. The molecule has 0 atom stereocenters. The van der Waals surface area contributed by atoms with Gasteiger partial charge in [-0.3, -0.25) is 0 Å². The lowest BCUT2D eigenvalue weighted by Gasteiger charge is -2.34. The van der Waals surface area contributed by atoms with Gasteiger partial charge >= 0.3 is 0 Å². The van der Waals surface area contributed by atoms with Crippen LogP contribution in [0, 0.1) is 12.7 Å². The lowest BCUT2D eigenvalue weighted by atomic mass is 10.1. The van der Waals surface area contributed by atoms with Crippen LogP contribution in [0.2, 0.25) is 0 Å². The topological polar surface area (TPSA) is 40.6 Å². The van der Waals surface area contributed by atoms with Gasteiger partial charge in [0, 0.05) is 26.2 Å². The molecule has 1 fully saturated rings. The van der Waals surface area contributed by atoms with Gasteiger partial charge < -0.3 is 4.90 Å². The summed E-state index contributed by atoms with van der Waals surface area (Å²) in [5.41, 5.74) is 2.97. The Labute approximate surface area is 161 Å². The summed E-state index contributed by atoms with van der Waals surface area (Å²) in [5.74, 6) is -0.132. The molecule has 146 valence electrons. The van der Waals surface area contributed by atoms with Crippen LogP contribution < -0.4 is 0 Å². The molecule has 1 saturated heterocycles. The summed E-state index contributed by atoms with van der Waals surface area (Å²) in [7, 11) is -3.28. The SMILES string of the molecule is Cc1ccc(CS(=O)(=O)N2CCN(CCCc3cccc(F)c3)CC2)cc1. The molecule has 1 aliphatic heterocycles. The minimum Gasteiger partial charge on any atom is -0.301 e. The molecule has 0 radical (unpaired) electrons. The molecule has 27 heavy (non-hydrogen) atoms. The first-order valence-corrected chi connectivity index (χ1v) is 11.0. The van der Waals surface area contributed by atoms with Crippen LogP contribution >= 0.6 is 0 Å².